The fourth-order valence-electron chi connectivity index (χ4n) is 5.12. The second kappa shape index (κ2) is 10.5. The molecule has 5 rings (SSSR count). The molecule has 1 saturated heterocycles. The van der Waals surface area contributed by atoms with Crippen molar-refractivity contribution in [1.29, 1.82) is 0 Å². The van der Waals surface area contributed by atoms with Crippen LogP contribution in [0.3, 0.4) is 0 Å². The highest BCUT2D eigenvalue weighted by Gasteiger charge is 2.41. The molecular weight excluding hydrogens is 469 g/mol. The molecule has 36 heavy (non-hydrogen) atoms. The van der Waals surface area contributed by atoms with E-state index in [0.717, 1.165) is 58.6 Å². The SMILES string of the molecule is Cc1cc([C@H]2[C@@H](c3ccccn3)NC(=S)N2CCCNc2ccccc2)c(C)n1-c1cccc(F)c1. The van der Waals surface area contributed by atoms with Crippen molar-refractivity contribution in [2.75, 3.05) is 18.4 Å². The molecule has 0 unspecified atom stereocenters. The monoisotopic (exact) mass is 499 g/mol. The summed E-state index contributed by atoms with van der Waals surface area (Å²) < 4.78 is 16.2. The van der Waals surface area contributed by atoms with Crippen LogP contribution in [-0.4, -0.2) is 32.7 Å². The Morgan fingerprint density at radius 2 is 1.81 bits per heavy atom. The van der Waals surface area contributed by atoms with Gasteiger partial charge in [-0.15, -0.1) is 0 Å². The minimum absolute atomic E-state index is 0.0300. The molecule has 2 atom stereocenters. The number of hydrogen-bond donors (Lipinski definition) is 2. The van der Waals surface area contributed by atoms with E-state index in [0.29, 0.717) is 0 Å². The van der Waals surface area contributed by atoms with Gasteiger partial charge in [-0.25, -0.2) is 4.39 Å². The van der Waals surface area contributed by atoms with Crippen molar-refractivity contribution in [3.63, 3.8) is 0 Å². The number of anilines is 1. The molecule has 2 aromatic carbocycles. The van der Waals surface area contributed by atoms with Crippen LogP contribution in [0.2, 0.25) is 0 Å². The third-order valence-corrected chi connectivity index (χ3v) is 7.08. The van der Waals surface area contributed by atoms with Crippen LogP contribution < -0.4 is 10.6 Å². The highest BCUT2D eigenvalue weighted by atomic mass is 32.1. The highest BCUT2D eigenvalue weighted by molar-refractivity contribution is 7.80. The topological polar surface area (TPSA) is 45.1 Å². The third kappa shape index (κ3) is 4.84. The van der Waals surface area contributed by atoms with Crippen LogP contribution in [-0.2, 0) is 0 Å². The van der Waals surface area contributed by atoms with Gasteiger partial charge in [-0.2, -0.15) is 0 Å². The van der Waals surface area contributed by atoms with E-state index in [9.17, 15) is 4.39 Å². The lowest BCUT2D eigenvalue weighted by Gasteiger charge is -2.28. The van der Waals surface area contributed by atoms with Gasteiger partial charge in [-0.1, -0.05) is 30.3 Å². The lowest BCUT2D eigenvalue weighted by atomic mass is 9.96. The van der Waals surface area contributed by atoms with Gasteiger partial charge < -0.3 is 20.1 Å². The Labute approximate surface area is 217 Å². The van der Waals surface area contributed by atoms with Gasteiger partial charge in [0.05, 0.1) is 17.8 Å². The summed E-state index contributed by atoms with van der Waals surface area (Å²) in [6, 6.07) is 25.0. The van der Waals surface area contributed by atoms with Gasteiger partial charge in [0, 0.05) is 42.0 Å². The van der Waals surface area contributed by atoms with E-state index in [-0.39, 0.29) is 17.9 Å². The van der Waals surface area contributed by atoms with Crippen molar-refractivity contribution in [2.45, 2.75) is 32.4 Å². The molecule has 0 saturated carbocycles. The van der Waals surface area contributed by atoms with Crippen LogP contribution in [0, 0.1) is 19.7 Å². The van der Waals surface area contributed by atoms with Crippen LogP contribution in [0.1, 0.15) is 41.1 Å². The van der Waals surface area contributed by atoms with Crippen molar-refractivity contribution in [3.8, 4) is 5.69 Å². The van der Waals surface area contributed by atoms with E-state index in [4.69, 9.17) is 12.2 Å². The smallest absolute Gasteiger partial charge is 0.170 e. The molecule has 2 aromatic heterocycles. The maximum Gasteiger partial charge on any atom is 0.170 e. The highest BCUT2D eigenvalue weighted by Crippen LogP contribution is 2.41. The molecule has 0 bridgehead atoms. The fraction of sp³-hybridized carbons (Fsp3) is 0.241. The molecule has 0 amide bonds. The number of aryl methyl sites for hydroxylation is 1. The molecule has 7 heteroatoms. The first kappa shape index (κ1) is 24.0. The zero-order chi connectivity index (χ0) is 25.1. The Morgan fingerprint density at radius 3 is 2.56 bits per heavy atom. The lowest BCUT2D eigenvalue weighted by molar-refractivity contribution is 0.315. The predicted molar refractivity (Wildman–Crippen MR) is 147 cm³/mol. The first-order chi connectivity index (χ1) is 17.5. The molecule has 1 aliphatic rings. The Hall–Kier alpha value is -3.71. The van der Waals surface area contributed by atoms with E-state index in [1.54, 1.807) is 12.1 Å². The summed E-state index contributed by atoms with van der Waals surface area (Å²) in [5.41, 5.74) is 6.17. The Balaban J connectivity index is 1.46. The molecule has 1 aliphatic heterocycles. The molecule has 0 aliphatic carbocycles. The summed E-state index contributed by atoms with van der Waals surface area (Å²) in [6.07, 6.45) is 2.74. The molecule has 5 nitrogen and oxygen atoms in total. The molecule has 2 N–H and O–H groups in total. The van der Waals surface area contributed by atoms with Gasteiger partial charge in [0.2, 0.25) is 0 Å². The molecule has 0 radical (unpaired) electrons. The minimum atomic E-state index is -0.246. The van der Waals surface area contributed by atoms with Gasteiger partial charge in [0.1, 0.15) is 5.82 Å². The van der Waals surface area contributed by atoms with Gasteiger partial charge >= 0.3 is 0 Å². The average molecular weight is 500 g/mol. The maximum absolute atomic E-state index is 14.1. The number of para-hydroxylation sites is 1. The van der Waals surface area contributed by atoms with Crippen LogP contribution in [0.4, 0.5) is 10.1 Å². The number of nitrogens with zero attached hydrogens (tertiary/aromatic N) is 3. The summed E-state index contributed by atoms with van der Waals surface area (Å²) in [6.45, 7) is 5.79. The van der Waals surface area contributed by atoms with Crippen LogP contribution in [0.15, 0.2) is 85.1 Å². The van der Waals surface area contributed by atoms with E-state index in [2.05, 4.69) is 57.1 Å². The summed E-state index contributed by atoms with van der Waals surface area (Å²) >= 11 is 5.84. The quantitative estimate of drug-likeness (QED) is 0.226. The Kier molecular flexibility index (Phi) is 7.00. The van der Waals surface area contributed by atoms with Gasteiger partial charge in [0.15, 0.2) is 5.11 Å². The number of thiocarbonyl (C=S) groups is 1. The fourth-order valence-corrected chi connectivity index (χ4v) is 5.45. The van der Waals surface area contributed by atoms with Crippen molar-refractivity contribution < 1.29 is 4.39 Å². The number of benzene rings is 2. The maximum atomic E-state index is 14.1. The standard InChI is InChI=1S/C29H30FN5S/c1-20-18-25(21(2)35(20)24-13-8-10-22(30)19-24)28-27(26-14-6-7-15-32-26)33-29(36)34(28)17-9-16-31-23-11-4-3-5-12-23/h3-8,10-15,18-19,27-28,31H,9,16-17H2,1-2H3,(H,33,36)/t27-,28+/m1/s1. The predicted octanol–water partition coefficient (Wildman–Crippen LogP) is 6.10. The first-order valence-corrected chi connectivity index (χ1v) is 12.7. The molecule has 4 aromatic rings. The van der Waals surface area contributed by atoms with Crippen LogP contribution in [0.25, 0.3) is 5.69 Å². The Bertz CT molecular complexity index is 1340. The normalized spacial score (nSPS) is 17.3. The molecule has 0 spiro atoms. The van der Waals surface area contributed by atoms with Gasteiger partial charge in [-0.3, -0.25) is 4.98 Å². The molecular formula is C29H30FN5S. The zero-order valence-electron chi connectivity index (χ0n) is 20.5. The summed E-state index contributed by atoms with van der Waals surface area (Å²) in [5, 5.41) is 7.76. The minimum Gasteiger partial charge on any atom is -0.385 e. The summed E-state index contributed by atoms with van der Waals surface area (Å²) in [4.78, 5) is 6.93. The molecule has 1 fully saturated rings. The van der Waals surface area contributed by atoms with E-state index >= 15 is 0 Å². The number of halogens is 1. The van der Waals surface area contributed by atoms with Crippen molar-refractivity contribution in [1.82, 2.24) is 19.8 Å². The van der Waals surface area contributed by atoms with Gasteiger partial charge in [0.25, 0.3) is 0 Å². The Morgan fingerprint density at radius 1 is 1.00 bits per heavy atom. The number of aromatic nitrogens is 2. The number of nitrogens with one attached hydrogen (secondary N) is 2. The van der Waals surface area contributed by atoms with Crippen molar-refractivity contribution >= 4 is 23.0 Å². The molecule has 3 heterocycles. The van der Waals surface area contributed by atoms with E-state index < -0.39 is 0 Å². The van der Waals surface area contributed by atoms with Crippen LogP contribution >= 0.6 is 12.2 Å². The molecule has 184 valence electrons. The summed E-state index contributed by atoms with van der Waals surface area (Å²) in [5.74, 6) is -0.246. The van der Waals surface area contributed by atoms with Crippen molar-refractivity contribution in [2.24, 2.45) is 0 Å². The number of hydrogen-bond acceptors (Lipinski definition) is 3. The number of pyridine rings is 1. The second-order valence-electron chi connectivity index (χ2n) is 9.11. The van der Waals surface area contributed by atoms with Crippen LogP contribution in [0.5, 0.6) is 0 Å². The zero-order valence-corrected chi connectivity index (χ0v) is 21.3. The summed E-state index contributed by atoms with van der Waals surface area (Å²) in [7, 11) is 0. The van der Waals surface area contributed by atoms with Gasteiger partial charge in [-0.05, 0) is 86.6 Å². The number of rotatable bonds is 8. The third-order valence-electron chi connectivity index (χ3n) is 6.73. The first-order valence-electron chi connectivity index (χ1n) is 12.2. The largest absolute Gasteiger partial charge is 0.385 e. The average Bonchev–Trinajstić information content (AvgIpc) is 3.37. The lowest BCUT2D eigenvalue weighted by Crippen LogP contribution is -2.31. The van der Waals surface area contributed by atoms with E-state index in [1.165, 1.54) is 6.07 Å². The second-order valence-corrected chi connectivity index (χ2v) is 9.49. The van der Waals surface area contributed by atoms with Crippen molar-refractivity contribution in [3.05, 3.63) is 114 Å². The van der Waals surface area contributed by atoms with E-state index in [1.807, 2.05) is 48.7 Å².